The molecule has 0 saturated heterocycles. The number of alkyl halides is 1. The van der Waals surface area contributed by atoms with Gasteiger partial charge in [-0.2, -0.15) is 0 Å². The van der Waals surface area contributed by atoms with Crippen molar-refractivity contribution in [3.8, 4) is 0 Å². The second kappa shape index (κ2) is 3.65. The van der Waals surface area contributed by atoms with E-state index in [0.717, 1.165) is 0 Å². The van der Waals surface area contributed by atoms with Crippen molar-refractivity contribution in [1.82, 2.24) is 0 Å². The Labute approximate surface area is 88.1 Å². The van der Waals surface area contributed by atoms with E-state index in [-0.39, 0.29) is 5.97 Å². The second-order valence-corrected chi connectivity index (χ2v) is 3.76. The van der Waals surface area contributed by atoms with E-state index in [1.54, 1.807) is 31.2 Å². The molecule has 1 fully saturated rings. The molecule has 0 amide bonds. The van der Waals surface area contributed by atoms with E-state index in [0.29, 0.717) is 30.6 Å². The summed E-state index contributed by atoms with van der Waals surface area (Å²) < 4.78 is 18.4. The van der Waals surface area contributed by atoms with E-state index in [1.807, 2.05) is 0 Å². The Morgan fingerprint density at radius 1 is 1.40 bits per heavy atom. The Balaban J connectivity index is 2.13. The SMILES string of the molecule is CCOC(=O)c1ccc(C2(F)CC2)cc1. The van der Waals surface area contributed by atoms with Crippen LogP contribution in [0.25, 0.3) is 0 Å². The minimum absolute atomic E-state index is 0.354. The van der Waals surface area contributed by atoms with Crippen LogP contribution < -0.4 is 0 Å². The standard InChI is InChI=1S/C12H13FO2/c1-2-15-11(14)9-3-5-10(6-4-9)12(13)7-8-12/h3-6H,2,7-8H2,1H3. The van der Waals surface area contributed by atoms with Crippen LogP contribution in [0.3, 0.4) is 0 Å². The average Bonchev–Trinajstić information content (AvgIpc) is 2.99. The molecule has 0 aromatic heterocycles. The first-order chi connectivity index (χ1) is 7.15. The molecule has 0 heterocycles. The molecule has 1 aromatic rings. The van der Waals surface area contributed by atoms with Gasteiger partial charge in [-0.15, -0.1) is 0 Å². The Morgan fingerprint density at radius 2 is 2.00 bits per heavy atom. The van der Waals surface area contributed by atoms with Crippen molar-refractivity contribution in [2.24, 2.45) is 0 Å². The van der Waals surface area contributed by atoms with Gasteiger partial charge in [0.15, 0.2) is 0 Å². The molecular formula is C12H13FO2. The fraction of sp³-hybridized carbons (Fsp3) is 0.417. The maximum atomic E-state index is 13.6. The highest BCUT2D eigenvalue weighted by Gasteiger charge is 2.44. The maximum absolute atomic E-state index is 13.6. The highest BCUT2D eigenvalue weighted by molar-refractivity contribution is 5.89. The van der Waals surface area contributed by atoms with Gasteiger partial charge in [0.2, 0.25) is 0 Å². The van der Waals surface area contributed by atoms with Crippen molar-refractivity contribution in [3.05, 3.63) is 35.4 Å². The zero-order chi connectivity index (χ0) is 10.9. The molecule has 1 aromatic carbocycles. The molecule has 2 nitrogen and oxygen atoms in total. The van der Waals surface area contributed by atoms with Gasteiger partial charge in [0.25, 0.3) is 0 Å². The predicted molar refractivity (Wildman–Crippen MR) is 54.4 cm³/mol. The van der Waals surface area contributed by atoms with E-state index in [1.165, 1.54) is 0 Å². The molecule has 0 atom stereocenters. The third-order valence-corrected chi connectivity index (χ3v) is 2.60. The van der Waals surface area contributed by atoms with E-state index < -0.39 is 5.67 Å². The van der Waals surface area contributed by atoms with Crippen LogP contribution in [0, 0.1) is 0 Å². The van der Waals surface area contributed by atoms with Gasteiger partial charge in [0.1, 0.15) is 5.67 Å². The lowest BCUT2D eigenvalue weighted by atomic mass is 10.1. The Morgan fingerprint density at radius 3 is 2.47 bits per heavy atom. The number of hydrogen-bond acceptors (Lipinski definition) is 2. The molecule has 0 aliphatic heterocycles. The van der Waals surface area contributed by atoms with Crippen molar-refractivity contribution in [1.29, 1.82) is 0 Å². The van der Waals surface area contributed by atoms with E-state index in [9.17, 15) is 9.18 Å². The number of carbonyl (C=O) groups is 1. The van der Waals surface area contributed by atoms with Gasteiger partial charge >= 0.3 is 5.97 Å². The summed E-state index contributed by atoms with van der Waals surface area (Å²) in [6.07, 6.45) is 1.18. The summed E-state index contributed by atoms with van der Waals surface area (Å²) in [4.78, 5) is 11.3. The number of hydrogen-bond donors (Lipinski definition) is 0. The minimum atomic E-state index is -1.13. The fourth-order valence-electron chi connectivity index (χ4n) is 1.52. The van der Waals surface area contributed by atoms with Crippen molar-refractivity contribution in [3.63, 3.8) is 0 Å². The van der Waals surface area contributed by atoms with Crippen LogP contribution in [0.4, 0.5) is 4.39 Å². The van der Waals surface area contributed by atoms with E-state index >= 15 is 0 Å². The number of halogens is 1. The summed E-state index contributed by atoms with van der Waals surface area (Å²) in [5.41, 5.74) is 0.00750. The first kappa shape index (κ1) is 10.1. The quantitative estimate of drug-likeness (QED) is 0.714. The summed E-state index contributed by atoms with van der Waals surface area (Å²) in [6, 6.07) is 6.57. The number of benzene rings is 1. The molecule has 0 radical (unpaired) electrons. The summed E-state index contributed by atoms with van der Waals surface area (Å²) in [6.45, 7) is 2.11. The van der Waals surface area contributed by atoms with Crippen LogP contribution in [0.1, 0.15) is 35.7 Å². The molecular weight excluding hydrogens is 195 g/mol. The van der Waals surface area contributed by atoms with Crippen molar-refractivity contribution in [2.45, 2.75) is 25.4 Å². The first-order valence-electron chi connectivity index (χ1n) is 5.12. The van der Waals surface area contributed by atoms with E-state index in [4.69, 9.17) is 4.74 Å². The Hall–Kier alpha value is -1.38. The minimum Gasteiger partial charge on any atom is -0.462 e. The third-order valence-electron chi connectivity index (χ3n) is 2.60. The number of ether oxygens (including phenoxy) is 1. The largest absolute Gasteiger partial charge is 0.462 e. The average molecular weight is 208 g/mol. The normalized spacial score (nSPS) is 17.2. The van der Waals surface area contributed by atoms with Crippen LogP contribution in [-0.2, 0) is 10.4 Å². The Kier molecular flexibility index (Phi) is 2.47. The summed E-state index contributed by atoms with van der Waals surface area (Å²) in [7, 11) is 0. The highest BCUT2D eigenvalue weighted by Crippen LogP contribution is 2.49. The van der Waals surface area contributed by atoms with Crippen LogP contribution in [0.2, 0.25) is 0 Å². The van der Waals surface area contributed by atoms with Crippen molar-refractivity contribution >= 4 is 5.97 Å². The fourth-order valence-corrected chi connectivity index (χ4v) is 1.52. The van der Waals surface area contributed by atoms with Crippen molar-refractivity contribution in [2.75, 3.05) is 6.61 Å². The molecule has 0 spiro atoms. The third kappa shape index (κ3) is 2.01. The van der Waals surface area contributed by atoms with E-state index in [2.05, 4.69) is 0 Å². The molecule has 0 N–H and O–H groups in total. The molecule has 80 valence electrons. The molecule has 1 saturated carbocycles. The lowest BCUT2D eigenvalue weighted by Gasteiger charge is -2.06. The topological polar surface area (TPSA) is 26.3 Å². The summed E-state index contributed by atoms with van der Waals surface area (Å²) >= 11 is 0. The molecule has 15 heavy (non-hydrogen) atoms. The lowest BCUT2D eigenvalue weighted by Crippen LogP contribution is -2.05. The van der Waals surface area contributed by atoms with Gasteiger partial charge in [-0.25, -0.2) is 9.18 Å². The maximum Gasteiger partial charge on any atom is 0.338 e. The van der Waals surface area contributed by atoms with Gasteiger partial charge in [0.05, 0.1) is 12.2 Å². The molecule has 0 unspecified atom stereocenters. The summed E-state index contributed by atoms with van der Waals surface area (Å²) in [5, 5.41) is 0. The van der Waals surface area contributed by atoms with Crippen LogP contribution in [0.15, 0.2) is 24.3 Å². The van der Waals surface area contributed by atoms with Gasteiger partial charge in [0, 0.05) is 0 Å². The van der Waals surface area contributed by atoms with Crippen LogP contribution >= 0.6 is 0 Å². The summed E-state index contributed by atoms with van der Waals surface area (Å²) in [5.74, 6) is -0.354. The monoisotopic (exact) mass is 208 g/mol. The number of carbonyl (C=O) groups excluding carboxylic acids is 1. The zero-order valence-corrected chi connectivity index (χ0v) is 8.63. The highest BCUT2D eigenvalue weighted by atomic mass is 19.1. The predicted octanol–water partition coefficient (Wildman–Crippen LogP) is 2.82. The van der Waals surface area contributed by atoms with Crippen LogP contribution in [-0.4, -0.2) is 12.6 Å². The molecule has 0 bridgehead atoms. The first-order valence-corrected chi connectivity index (χ1v) is 5.12. The molecule has 1 aliphatic rings. The van der Waals surface area contributed by atoms with Gasteiger partial charge in [-0.05, 0) is 37.5 Å². The van der Waals surface area contributed by atoms with Gasteiger partial charge in [-0.3, -0.25) is 0 Å². The lowest BCUT2D eigenvalue weighted by molar-refractivity contribution is 0.0526. The smallest absolute Gasteiger partial charge is 0.338 e. The zero-order valence-electron chi connectivity index (χ0n) is 8.63. The Bertz CT molecular complexity index is 366. The molecule has 1 aliphatic carbocycles. The van der Waals surface area contributed by atoms with Gasteiger partial charge in [-0.1, -0.05) is 12.1 Å². The molecule has 3 heteroatoms. The van der Waals surface area contributed by atoms with Crippen molar-refractivity contribution < 1.29 is 13.9 Å². The number of esters is 1. The molecule has 2 rings (SSSR count). The van der Waals surface area contributed by atoms with Gasteiger partial charge < -0.3 is 4.74 Å². The second-order valence-electron chi connectivity index (χ2n) is 3.76. The number of rotatable bonds is 3. The van der Waals surface area contributed by atoms with Crippen LogP contribution in [0.5, 0.6) is 0 Å².